The van der Waals surface area contributed by atoms with Gasteiger partial charge < -0.3 is 0 Å². The van der Waals surface area contributed by atoms with Crippen LogP contribution in [-0.2, 0) is 0 Å². The summed E-state index contributed by atoms with van der Waals surface area (Å²) in [6.07, 6.45) is 0. The first kappa shape index (κ1) is 14.1. The van der Waals surface area contributed by atoms with Gasteiger partial charge >= 0.3 is 129 Å². The number of aryl methyl sites for hydroxylation is 1. The van der Waals surface area contributed by atoms with Gasteiger partial charge in [-0.1, -0.05) is 0 Å². The van der Waals surface area contributed by atoms with Gasteiger partial charge in [0.2, 0.25) is 0 Å². The topological polar surface area (TPSA) is 17.8 Å². The first-order chi connectivity index (χ1) is 10.1. The molecule has 1 aromatic heterocycles. The molecule has 0 amide bonds. The SMILES string of the molecule is Cc1nn(-c2ccccc2)c(C)c1[Se]c1ccc(F)cc1. The van der Waals surface area contributed by atoms with Gasteiger partial charge in [0, 0.05) is 0 Å². The van der Waals surface area contributed by atoms with Gasteiger partial charge in [-0.15, -0.1) is 0 Å². The summed E-state index contributed by atoms with van der Waals surface area (Å²) < 4.78 is 17.4. The molecule has 0 aliphatic rings. The van der Waals surface area contributed by atoms with Crippen LogP contribution in [-0.4, -0.2) is 24.7 Å². The molecule has 0 saturated heterocycles. The van der Waals surface area contributed by atoms with Crippen LogP contribution in [0.15, 0.2) is 54.6 Å². The Morgan fingerprint density at radius 3 is 2.29 bits per heavy atom. The van der Waals surface area contributed by atoms with Crippen LogP contribution >= 0.6 is 0 Å². The van der Waals surface area contributed by atoms with Crippen molar-refractivity contribution in [2.24, 2.45) is 0 Å². The third kappa shape index (κ3) is 2.92. The van der Waals surface area contributed by atoms with Crippen molar-refractivity contribution in [3.63, 3.8) is 0 Å². The summed E-state index contributed by atoms with van der Waals surface area (Å²) in [6.45, 7) is 4.13. The third-order valence-corrected chi connectivity index (χ3v) is 5.99. The average Bonchev–Trinajstić information content (AvgIpc) is 2.78. The van der Waals surface area contributed by atoms with Crippen molar-refractivity contribution in [3.05, 3.63) is 71.8 Å². The monoisotopic (exact) mass is 346 g/mol. The second-order valence-electron chi connectivity index (χ2n) is 4.80. The molecule has 0 saturated carbocycles. The maximum atomic E-state index is 13.0. The number of hydrogen-bond acceptors (Lipinski definition) is 1. The Hall–Kier alpha value is -1.90. The molecule has 2 aromatic carbocycles. The molecule has 0 fully saturated rings. The van der Waals surface area contributed by atoms with E-state index in [0.29, 0.717) is 0 Å². The van der Waals surface area contributed by atoms with Gasteiger partial charge in [-0.3, -0.25) is 0 Å². The van der Waals surface area contributed by atoms with Crippen LogP contribution in [0.2, 0.25) is 0 Å². The number of nitrogens with zero attached hydrogens (tertiary/aromatic N) is 2. The van der Waals surface area contributed by atoms with Gasteiger partial charge in [0.05, 0.1) is 0 Å². The van der Waals surface area contributed by atoms with Gasteiger partial charge in [0.25, 0.3) is 0 Å². The van der Waals surface area contributed by atoms with E-state index in [1.54, 1.807) is 0 Å². The second-order valence-corrected chi connectivity index (χ2v) is 7.08. The molecule has 0 aliphatic heterocycles. The van der Waals surface area contributed by atoms with Crippen LogP contribution in [0.1, 0.15) is 11.4 Å². The molecule has 0 atom stereocenters. The van der Waals surface area contributed by atoms with E-state index < -0.39 is 0 Å². The van der Waals surface area contributed by atoms with Gasteiger partial charge in [-0.05, 0) is 0 Å². The summed E-state index contributed by atoms with van der Waals surface area (Å²) >= 11 is 0.134. The van der Waals surface area contributed by atoms with E-state index >= 15 is 0 Å². The molecule has 0 N–H and O–H groups in total. The second kappa shape index (κ2) is 5.84. The average molecular weight is 345 g/mol. The van der Waals surface area contributed by atoms with Crippen molar-refractivity contribution in [1.29, 1.82) is 0 Å². The Bertz CT molecular complexity index is 748. The summed E-state index contributed by atoms with van der Waals surface area (Å²) in [5.41, 5.74) is 3.27. The number of hydrogen-bond donors (Lipinski definition) is 0. The first-order valence-electron chi connectivity index (χ1n) is 6.70. The van der Waals surface area contributed by atoms with E-state index in [1.165, 1.54) is 16.6 Å². The molecule has 21 heavy (non-hydrogen) atoms. The van der Waals surface area contributed by atoms with Crippen LogP contribution in [0, 0.1) is 19.7 Å². The number of aromatic nitrogens is 2. The Morgan fingerprint density at radius 2 is 1.62 bits per heavy atom. The molecule has 0 aliphatic carbocycles. The van der Waals surface area contributed by atoms with Crippen LogP contribution in [0.3, 0.4) is 0 Å². The number of rotatable bonds is 3. The minimum atomic E-state index is -0.192. The molecule has 0 bridgehead atoms. The summed E-state index contributed by atoms with van der Waals surface area (Å²) in [4.78, 5) is 0. The van der Waals surface area contributed by atoms with E-state index in [2.05, 4.69) is 12.0 Å². The molecular formula is C17H15FN2Se. The Balaban J connectivity index is 1.97. The summed E-state index contributed by atoms with van der Waals surface area (Å²) in [5, 5.41) is 4.65. The maximum absolute atomic E-state index is 13.0. The molecule has 1 heterocycles. The minimum absolute atomic E-state index is 0.134. The summed E-state index contributed by atoms with van der Waals surface area (Å²) in [7, 11) is 0. The van der Waals surface area contributed by atoms with Crippen LogP contribution in [0.25, 0.3) is 5.69 Å². The van der Waals surface area contributed by atoms with Crippen molar-refractivity contribution in [3.8, 4) is 5.69 Å². The molecule has 106 valence electrons. The van der Waals surface area contributed by atoms with Gasteiger partial charge in [0.1, 0.15) is 0 Å². The van der Waals surface area contributed by atoms with Crippen LogP contribution in [0.4, 0.5) is 4.39 Å². The fourth-order valence-corrected chi connectivity index (χ4v) is 4.17. The summed E-state index contributed by atoms with van der Waals surface area (Å²) in [6, 6.07) is 16.9. The zero-order valence-electron chi connectivity index (χ0n) is 11.9. The van der Waals surface area contributed by atoms with E-state index in [4.69, 9.17) is 0 Å². The Labute approximate surface area is 129 Å². The normalized spacial score (nSPS) is 10.8. The predicted molar refractivity (Wildman–Crippen MR) is 84.5 cm³/mol. The molecule has 0 spiro atoms. The molecule has 3 rings (SSSR count). The predicted octanol–water partition coefficient (Wildman–Crippen LogP) is 2.28. The fourth-order valence-electron chi connectivity index (χ4n) is 2.22. The molecule has 4 heteroatoms. The first-order valence-corrected chi connectivity index (χ1v) is 8.41. The van der Waals surface area contributed by atoms with Crippen molar-refractivity contribution in [2.75, 3.05) is 0 Å². The van der Waals surface area contributed by atoms with E-state index in [9.17, 15) is 4.39 Å². The molecular weight excluding hydrogens is 330 g/mol. The number of halogens is 1. The Morgan fingerprint density at radius 1 is 0.952 bits per heavy atom. The molecule has 0 unspecified atom stereocenters. The van der Waals surface area contributed by atoms with E-state index in [0.717, 1.165) is 21.5 Å². The zero-order chi connectivity index (χ0) is 14.8. The van der Waals surface area contributed by atoms with Crippen molar-refractivity contribution >= 4 is 23.9 Å². The number of benzene rings is 2. The van der Waals surface area contributed by atoms with E-state index in [1.807, 2.05) is 54.1 Å². The molecule has 3 aromatic rings. The zero-order valence-corrected chi connectivity index (χ0v) is 13.6. The van der Waals surface area contributed by atoms with Gasteiger partial charge in [-0.2, -0.15) is 0 Å². The molecule has 0 radical (unpaired) electrons. The van der Waals surface area contributed by atoms with Gasteiger partial charge in [0.15, 0.2) is 0 Å². The van der Waals surface area contributed by atoms with Crippen molar-refractivity contribution in [1.82, 2.24) is 9.78 Å². The fraction of sp³-hybridized carbons (Fsp3) is 0.118. The van der Waals surface area contributed by atoms with Crippen molar-refractivity contribution < 1.29 is 4.39 Å². The van der Waals surface area contributed by atoms with Crippen molar-refractivity contribution in [2.45, 2.75) is 13.8 Å². The molecule has 2 nitrogen and oxygen atoms in total. The standard InChI is InChI=1S/C17H15FN2Se/c1-12-17(21-16-10-8-14(18)9-11-16)13(2)20(19-12)15-6-4-3-5-7-15/h3-11H,1-2H3. The quantitative estimate of drug-likeness (QED) is 0.666. The number of para-hydroxylation sites is 1. The summed E-state index contributed by atoms with van der Waals surface area (Å²) in [5.74, 6) is -0.192. The van der Waals surface area contributed by atoms with Crippen LogP contribution < -0.4 is 8.92 Å². The Kier molecular flexibility index (Phi) is 3.91. The third-order valence-electron chi connectivity index (χ3n) is 3.26. The van der Waals surface area contributed by atoms with Crippen LogP contribution in [0.5, 0.6) is 0 Å². The van der Waals surface area contributed by atoms with Gasteiger partial charge in [-0.25, -0.2) is 0 Å². The van der Waals surface area contributed by atoms with E-state index in [-0.39, 0.29) is 20.8 Å².